The lowest BCUT2D eigenvalue weighted by molar-refractivity contribution is 0.0649. The Bertz CT molecular complexity index is 697. The fourth-order valence-corrected chi connectivity index (χ4v) is 2.23. The van der Waals surface area contributed by atoms with Gasteiger partial charge in [0.1, 0.15) is 6.26 Å². The van der Waals surface area contributed by atoms with E-state index in [9.17, 15) is 9.90 Å². The molecule has 0 saturated heterocycles. The van der Waals surface area contributed by atoms with Crippen molar-refractivity contribution in [3.63, 3.8) is 0 Å². The molecule has 1 aliphatic rings. The minimum Gasteiger partial charge on any atom is -0.461 e. The molecule has 2 N–H and O–H groups in total. The van der Waals surface area contributed by atoms with Crippen LogP contribution in [0.4, 0.5) is 10.5 Å². The molecule has 0 spiro atoms. The Balaban J connectivity index is 1.68. The van der Waals surface area contributed by atoms with Crippen molar-refractivity contribution < 1.29 is 24.1 Å². The van der Waals surface area contributed by atoms with Crippen LogP contribution in [0, 0.1) is 0 Å². The van der Waals surface area contributed by atoms with Crippen LogP contribution in [0.1, 0.15) is 0 Å². The first-order valence-corrected chi connectivity index (χ1v) is 7.36. The molecule has 8 nitrogen and oxygen atoms in total. The van der Waals surface area contributed by atoms with Gasteiger partial charge in [-0.25, -0.2) is 4.79 Å². The van der Waals surface area contributed by atoms with Crippen LogP contribution in [-0.2, 0) is 14.2 Å². The van der Waals surface area contributed by atoms with E-state index in [-0.39, 0.29) is 26.6 Å². The molecule has 3 rings (SSSR count). The Morgan fingerprint density at radius 1 is 1.33 bits per heavy atom. The summed E-state index contributed by atoms with van der Waals surface area (Å²) >= 11 is 0. The van der Waals surface area contributed by atoms with E-state index in [1.54, 1.807) is 24.5 Å². The third-order valence-electron chi connectivity index (χ3n) is 3.42. The second-order valence-corrected chi connectivity index (χ2v) is 4.98. The Labute approximate surface area is 138 Å². The smallest absolute Gasteiger partial charge is 0.414 e. The number of aliphatic hydroxyl groups is 1. The van der Waals surface area contributed by atoms with Crippen LogP contribution in [0.15, 0.2) is 48.7 Å². The molecule has 0 fully saturated rings. The topological polar surface area (TPSA) is 96.9 Å². The van der Waals surface area contributed by atoms with E-state index in [2.05, 4.69) is 10.2 Å². The molecule has 126 valence electrons. The summed E-state index contributed by atoms with van der Waals surface area (Å²) in [7, 11) is 0. The molecular formula is C16H17N3O5. The van der Waals surface area contributed by atoms with Gasteiger partial charge in [0, 0.05) is 17.4 Å². The predicted octanol–water partition coefficient (Wildman–Crippen LogP) is 1.86. The molecule has 0 saturated carbocycles. The van der Waals surface area contributed by atoms with Gasteiger partial charge in [-0.1, -0.05) is 12.1 Å². The fourth-order valence-electron chi connectivity index (χ4n) is 2.23. The highest BCUT2D eigenvalue weighted by Gasteiger charge is 2.18. The number of rotatable bonds is 6. The maximum absolute atomic E-state index is 12.3. The maximum atomic E-state index is 12.3. The number of aromatic amines is 1. The quantitative estimate of drug-likeness (QED) is 0.838. The van der Waals surface area contributed by atoms with Crippen LogP contribution in [0.2, 0.25) is 0 Å². The Kier molecular flexibility index (Phi) is 4.97. The number of hydrogen-bond donors (Lipinski definition) is 2. The van der Waals surface area contributed by atoms with Gasteiger partial charge in [-0.05, 0) is 17.7 Å². The first-order valence-electron chi connectivity index (χ1n) is 7.36. The summed E-state index contributed by atoms with van der Waals surface area (Å²) in [5.74, 6) is 0.447. The number of hydrogen-bond acceptors (Lipinski definition) is 6. The van der Waals surface area contributed by atoms with Gasteiger partial charge in [-0.2, -0.15) is 5.10 Å². The minimum absolute atomic E-state index is 0.0200. The molecule has 1 aliphatic heterocycles. The van der Waals surface area contributed by atoms with Gasteiger partial charge in [0.15, 0.2) is 12.4 Å². The second kappa shape index (κ2) is 7.51. The molecule has 2 aromatic rings. The summed E-state index contributed by atoms with van der Waals surface area (Å²) in [5.41, 5.74) is 2.54. The molecule has 0 radical (unpaired) electrons. The van der Waals surface area contributed by atoms with Gasteiger partial charge in [-0.3, -0.25) is 10.00 Å². The number of aromatic nitrogens is 2. The van der Waals surface area contributed by atoms with Crippen molar-refractivity contribution in [2.24, 2.45) is 0 Å². The van der Waals surface area contributed by atoms with E-state index < -0.39 is 6.09 Å². The highest BCUT2D eigenvalue weighted by atomic mass is 16.7. The van der Waals surface area contributed by atoms with Crippen molar-refractivity contribution in [2.75, 3.05) is 31.5 Å². The number of ether oxygens (including phenoxy) is 3. The summed E-state index contributed by atoms with van der Waals surface area (Å²) in [5, 5.41) is 15.9. The van der Waals surface area contributed by atoms with Crippen LogP contribution in [0.5, 0.6) is 0 Å². The number of benzene rings is 1. The Hall–Kier alpha value is -3.00. The van der Waals surface area contributed by atoms with Crippen LogP contribution in [0.3, 0.4) is 0 Å². The molecule has 0 bridgehead atoms. The lowest BCUT2D eigenvalue weighted by atomic mass is 10.1. The average Bonchev–Trinajstić information content (AvgIpc) is 3.31. The monoisotopic (exact) mass is 331 g/mol. The van der Waals surface area contributed by atoms with Gasteiger partial charge in [0.05, 0.1) is 19.3 Å². The number of aliphatic hydroxyl groups excluding tert-OH is 1. The van der Waals surface area contributed by atoms with Gasteiger partial charge in [0.2, 0.25) is 6.79 Å². The number of nitrogens with zero attached hydrogens (tertiary/aromatic N) is 2. The van der Waals surface area contributed by atoms with Crippen molar-refractivity contribution in [1.82, 2.24) is 10.2 Å². The maximum Gasteiger partial charge on any atom is 0.414 e. The van der Waals surface area contributed by atoms with E-state index >= 15 is 0 Å². The van der Waals surface area contributed by atoms with E-state index in [1.165, 1.54) is 11.2 Å². The summed E-state index contributed by atoms with van der Waals surface area (Å²) in [6.07, 6.45) is 4.33. The van der Waals surface area contributed by atoms with Crippen molar-refractivity contribution >= 4 is 11.8 Å². The SMILES string of the molecule is O=C(OCC1=COCO1)N(CCO)c1ccc(-c2cn[nH]c2)cc1. The summed E-state index contributed by atoms with van der Waals surface area (Å²) < 4.78 is 15.2. The fraction of sp³-hybridized carbons (Fsp3) is 0.250. The van der Waals surface area contributed by atoms with Crippen LogP contribution in [0.25, 0.3) is 11.1 Å². The average molecular weight is 331 g/mol. The van der Waals surface area contributed by atoms with E-state index in [0.717, 1.165) is 11.1 Å². The number of carbonyl (C=O) groups excluding carboxylic acids is 1. The molecule has 2 heterocycles. The van der Waals surface area contributed by atoms with Gasteiger partial charge < -0.3 is 19.3 Å². The van der Waals surface area contributed by atoms with E-state index in [1.807, 2.05) is 12.1 Å². The van der Waals surface area contributed by atoms with Crippen molar-refractivity contribution in [2.45, 2.75) is 0 Å². The van der Waals surface area contributed by atoms with Gasteiger partial charge in [0.25, 0.3) is 0 Å². The molecule has 1 aromatic heterocycles. The first-order chi connectivity index (χ1) is 11.8. The normalized spacial score (nSPS) is 13.0. The van der Waals surface area contributed by atoms with Crippen LogP contribution >= 0.6 is 0 Å². The largest absolute Gasteiger partial charge is 0.461 e. The standard InChI is InChI=1S/C16H17N3O5/c20-6-5-19(16(21)23-10-15-9-22-11-24-15)14-3-1-12(2-4-14)13-7-17-18-8-13/h1-4,7-9,20H,5-6,10-11H2,(H,17,18). The lowest BCUT2D eigenvalue weighted by Crippen LogP contribution is -2.34. The summed E-state index contributed by atoms with van der Waals surface area (Å²) in [6.45, 7) is 0.0533. The number of amides is 1. The highest BCUT2D eigenvalue weighted by Crippen LogP contribution is 2.23. The van der Waals surface area contributed by atoms with Crippen molar-refractivity contribution in [3.05, 3.63) is 48.7 Å². The number of nitrogens with one attached hydrogen (secondary N) is 1. The number of anilines is 1. The third kappa shape index (κ3) is 3.66. The molecular weight excluding hydrogens is 314 g/mol. The zero-order valence-corrected chi connectivity index (χ0v) is 12.8. The van der Waals surface area contributed by atoms with Gasteiger partial charge >= 0.3 is 6.09 Å². The second-order valence-electron chi connectivity index (χ2n) is 4.98. The lowest BCUT2D eigenvalue weighted by Gasteiger charge is -2.21. The molecule has 8 heteroatoms. The molecule has 1 aromatic carbocycles. The third-order valence-corrected chi connectivity index (χ3v) is 3.42. The molecule has 0 aliphatic carbocycles. The zero-order chi connectivity index (χ0) is 16.8. The van der Waals surface area contributed by atoms with Crippen LogP contribution < -0.4 is 4.90 Å². The molecule has 0 atom stereocenters. The predicted molar refractivity (Wildman–Crippen MR) is 84.9 cm³/mol. The molecule has 1 amide bonds. The van der Waals surface area contributed by atoms with E-state index in [0.29, 0.717) is 11.4 Å². The van der Waals surface area contributed by atoms with Crippen LogP contribution in [-0.4, -0.2) is 47.9 Å². The highest BCUT2D eigenvalue weighted by molar-refractivity contribution is 5.88. The number of H-pyrrole nitrogens is 1. The van der Waals surface area contributed by atoms with E-state index in [4.69, 9.17) is 14.2 Å². The Morgan fingerprint density at radius 2 is 2.17 bits per heavy atom. The minimum atomic E-state index is -0.573. The van der Waals surface area contributed by atoms with Crippen molar-refractivity contribution in [3.8, 4) is 11.1 Å². The summed E-state index contributed by atoms with van der Waals surface area (Å²) in [4.78, 5) is 13.6. The zero-order valence-electron chi connectivity index (χ0n) is 12.8. The van der Waals surface area contributed by atoms with Crippen molar-refractivity contribution in [1.29, 1.82) is 0 Å². The number of carbonyl (C=O) groups is 1. The molecule has 24 heavy (non-hydrogen) atoms. The Morgan fingerprint density at radius 3 is 2.79 bits per heavy atom. The first kappa shape index (κ1) is 15.9. The summed E-state index contributed by atoms with van der Waals surface area (Å²) in [6, 6.07) is 7.31. The van der Waals surface area contributed by atoms with Gasteiger partial charge in [-0.15, -0.1) is 0 Å². The molecule has 0 unspecified atom stereocenters.